The predicted molar refractivity (Wildman–Crippen MR) is 84.2 cm³/mol. The van der Waals surface area contributed by atoms with Crippen molar-refractivity contribution in [2.45, 2.75) is 6.92 Å². The molecule has 0 spiro atoms. The van der Waals surface area contributed by atoms with Crippen LogP contribution in [0.2, 0.25) is 0 Å². The van der Waals surface area contributed by atoms with Gasteiger partial charge in [-0.15, -0.1) is 0 Å². The van der Waals surface area contributed by atoms with Crippen LogP contribution in [0.1, 0.15) is 12.5 Å². The molecule has 130 valence electrons. The number of hydrogen-bond acceptors (Lipinski definition) is 7. The minimum atomic E-state index is -0.857. The van der Waals surface area contributed by atoms with Crippen molar-refractivity contribution in [3.63, 3.8) is 0 Å². The van der Waals surface area contributed by atoms with Crippen LogP contribution in [0.25, 0.3) is 5.76 Å². The molecule has 1 rings (SSSR count). The van der Waals surface area contributed by atoms with Gasteiger partial charge in [0.05, 0.1) is 6.61 Å². The van der Waals surface area contributed by atoms with E-state index in [-0.39, 0.29) is 18.1 Å². The van der Waals surface area contributed by atoms with Gasteiger partial charge in [-0.2, -0.15) is 0 Å². The second-order valence-corrected chi connectivity index (χ2v) is 4.17. The molecule has 0 atom stereocenters. The first-order chi connectivity index (χ1) is 11.5. The van der Waals surface area contributed by atoms with Gasteiger partial charge in [0.2, 0.25) is 0 Å². The Morgan fingerprint density at radius 3 is 2.17 bits per heavy atom. The lowest BCUT2D eigenvalue weighted by Crippen LogP contribution is -2.32. The highest BCUT2D eigenvalue weighted by Crippen LogP contribution is 2.20. The normalized spacial score (nSPS) is 10.8. The number of amides is 2. The first-order valence-corrected chi connectivity index (χ1v) is 7.04. The average molecular weight is 337 g/mol. The quantitative estimate of drug-likeness (QED) is 0.234. The smallest absolute Gasteiger partial charge is 0.431 e. The number of benzene rings is 1. The number of nitrogens with one attached hydrogen (secondary N) is 3. The molecule has 0 aliphatic heterocycles. The van der Waals surface area contributed by atoms with Crippen molar-refractivity contribution in [3.8, 4) is 0 Å². The first kappa shape index (κ1) is 18.8. The van der Waals surface area contributed by atoms with Gasteiger partial charge in [-0.1, -0.05) is 30.3 Å². The second kappa shape index (κ2) is 9.72. The van der Waals surface area contributed by atoms with Crippen molar-refractivity contribution in [1.29, 1.82) is 0 Å². The molecule has 0 unspecified atom stereocenters. The van der Waals surface area contributed by atoms with Crippen molar-refractivity contribution in [1.82, 2.24) is 16.1 Å². The summed E-state index contributed by atoms with van der Waals surface area (Å²) in [6, 6.07) is 8.34. The van der Waals surface area contributed by atoms with Crippen LogP contribution >= 0.6 is 0 Å². The van der Waals surface area contributed by atoms with Crippen molar-refractivity contribution in [3.05, 3.63) is 41.6 Å². The molecule has 1 aromatic rings. The molecular weight excluding hydrogens is 318 g/mol. The zero-order valence-corrected chi connectivity index (χ0v) is 13.5. The van der Waals surface area contributed by atoms with Crippen LogP contribution in [-0.2, 0) is 19.1 Å². The summed E-state index contributed by atoms with van der Waals surface area (Å²) in [7, 11) is 2.71. The van der Waals surface area contributed by atoms with Crippen molar-refractivity contribution in [2.24, 2.45) is 0 Å². The Bertz CT molecular complexity index is 615. The Balaban J connectivity index is 3.31. The maximum atomic E-state index is 12.2. The van der Waals surface area contributed by atoms with E-state index in [1.54, 1.807) is 37.3 Å². The van der Waals surface area contributed by atoms with Crippen LogP contribution in [-0.4, -0.2) is 38.9 Å². The molecule has 0 aromatic heterocycles. The molecule has 0 saturated carbocycles. The van der Waals surface area contributed by atoms with Gasteiger partial charge in [0.1, 0.15) is 0 Å². The number of carbonyl (C=O) groups is 3. The van der Waals surface area contributed by atoms with Crippen LogP contribution in [0.15, 0.2) is 36.0 Å². The number of rotatable bonds is 6. The summed E-state index contributed by atoms with van der Waals surface area (Å²) < 4.78 is 10.0. The molecule has 0 bridgehead atoms. The Kier molecular flexibility index (Phi) is 7.62. The van der Waals surface area contributed by atoms with Gasteiger partial charge in [-0.3, -0.25) is 0 Å². The zero-order valence-electron chi connectivity index (χ0n) is 13.5. The maximum absolute atomic E-state index is 12.2. The molecule has 3 N–H and O–H groups in total. The Hall–Kier alpha value is -3.23. The van der Waals surface area contributed by atoms with E-state index in [9.17, 15) is 14.4 Å². The van der Waals surface area contributed by atoms with E-state index < -0.39 is 18.2 Å². The minimum absolute atomic E-state index is 0.0754. The fourth-order valence-corrected chi connectivity index (χ4v) is 1.52. The zero-order chi connectivity index (χ0) is 17.9. The average Bonchev–Trinajstić information content (AvgIpc) is 2.61. The lowest BCUT2D eigenvalue weighted by Gasteiger charge is -2.15. The molecular formula is C15H19N3O6. The van der Waals surface area contributed by atoms with E-state index in [0.717, 1.165) is 0 Å². The van der Waals surface area contributed by atoms with Gasteiger partial charge < -0.3 is 24.9 Å². The summed E-state index contributed by atoms with van der Waals surface area (Å²) in [5.74, 6) is -1.01. The van der Waals surface area contributed by atoms with Crippen molar-refractivity contribution >= 4 is 23.9 Å². The molecule has 2 amide bonds. The Morgan fingerprint density at radius 1 is 1.00 bits per heavy atom. The molecule has 9 heteroatoms. The predicted octanol–water partition coefficient (Wildman–Crippen LogP) is 1.13. The van der Waals surface area contributed by atoms with E-state index in [4.69, 9.17) is 9.47 Å². The van der Waals surface area contributed by atoms with Gasteiger partial charge in [0.25, 0.3) is 0 Å². The molecule has 0 heterocycles. The third-order valence-corrected chi connectivity index (χ3v) is 2.59. The fraction of sp³-hybridized carbons (Fsp3) is 0.267. The molecule has 0 aliphatic carbocycles. The molecule has 24 heavy (non-hydrogen) atoms. The monoisotopic (exact) mass is 337 g/mol. The summed E-state index contributed by atoms with van der Waals surface area (Å²) in [4.78, 5) is 39.7. The van der Waals surface area contributed by atoms with E-state index in [2.05, 4.69) is 21.0 Å². The molecule has 0 saturated heterocycles. The van der Waals surface area contributed by atoms with Crippen LogP contribution in [0.4, 0.5) is 9.59 Å². The molecule has 0 radical (unpaired) electrons. The molecule has 0 aliphatic rings. The Morgan fingerprint density at radius 2 is 1.62 bits per heavy atom. The van der Waals surface area contributed by atoms with E-state index in [1.807, 2.05) is 0 Å². The number of alkyl carbamates (subject to hydrolysis) is 1. The van der Waals surface area contributed by atoms with Gasteiger partial charge in [0, 0.05) is 19.7 Å². The Labute approximate surface area is 138 Å². The van der Waals surface area contributed by atoms with Crippen molar-refractivity contribution < 1.29 is 28.7 Å². The SMILES string of the molecule is CCOC(=O)/C(NOC(=O)NC)=C(\OC(=O)NC)c1ccccc1. The molecule has 1 aromatic carbocycles. The van der Waals surface area contributed by atoms with Crippen LogP contribution in [0.3, 0.4) is 0 Å². The summed E-state index contributed by atoms with van der Waals surface area (Å²) in [5.41, 5.74) is 2.23. The summed E-state index contributed by atoms with van der Waals surface area (Å²) in [6.07, 6.45) is -1.65. The van der Waals surface area contributed by atoms with E-state index in [0.29, 0.717) is 5.56 Å². The highest BCUT2D eigenvalue weighted by Gasteiger charge is 2.23. The fourth-order valence-electron chi connectivity index (χ4n) is 1.52. The summed E-state index contributed by atoms with van der Waals surface area (Å²) in [6.45, 7) is 1.68. The van der Waals surface area contributed by atoms with E-state index in [1.165, 1.54) is 14.1 Å². The lowest BCUT2D eigenvalue weighted by atomic mass is 10.1. The largest absolute Gasteiger partial charge is 0.461 e. The minimum Gasteiger partial charge on any atom is -0.461 e. The van der Waals surface area contributed by atoms with Crippen LogP contribution in [0.5, 0.6) is 0 Å². The van der Waals surface area contributed by atoms with Crippen LogP contribution < -0.4 is 16.1 Å². The first-order valence-electron chi connectivity index (χ1n) is 7.04. The van der Waals surface area contributed by atoms with Crippen LogP contribution in [0, 0.1) is 0 Å². The van der Waals surface area contributed by atoms with Gasteiger partial charge >= 0.3 is 18.2 Å². The third-order valence-electron chi connectivity index (χ3n) is 2.59. The van der Waals surface area contributed by atoms with E-state index >= 15 is 0 Å². The topological polar surface area (TPSA) is 115 Å². The number of hydroxylamine groups is 1. The molecule has 9 nitrogen and oxygen atoms in total. The standard InChI is InChI=1S/C15H19N3O6/c1-4-22-13(19)11(18-24-15(21)17-3)12(23-14(20)16-2)10-8-6-5-7-9-10/h5-9,18H,4H2,1-3H3,(H,16,20)(H,17,21)/b12-11+. The van der Waals surface area contributed by atoms with Gasteiger partial charge in [-0.25, -0.2) is 19.9 Å². The maximum Gasteiger partial charge on any atom is 0.431 e. The van der Waals surface area contributed by atoms with Gasteiger partial charge in [-0.05, 0) is 6.92 Å². The highest BCUT2D eigenvalue weighted by molar-refractivity contribution is 5.97. The highest BCUT2D eigenvalue weighted by atomic mass is 16.7. The lowest BCUT2D eigenvalue weighted by molar-refractivity contribution is -0.140. The number of ether oxygens (including phenoxy) is 2. The second-order valence-electron chi connectivity index (χ2n) is 4.17. The number of carbonyl (C=O) groups excluding carboxylic acids is 3. The number of esters is 1. The summed E-state index contributed by atoms with van der Waals surface area (Å²) >= 11 is 0. The van der Waals surface area contributed by atoms with Crippen molar-refractivity contribution in [2.75, 3.05) is 20.7 Å². The van der Waals surface area contributed by atoms with Gasteiger partial charge in [0.15, 0.2) is 11.5 Å². The molecule has 0 fully saturated rings. The summed E-state index contributed by atoms with van der Waals surface area (Å²) in [5, 5.41) is 4.48. The third kappa shape index (κ3) is 5.52. The number of hydrogen-bond donors (Lipinski definition) is 3.